The number of hydrogen-bond acceptors (Lipinski definition) is 5. The smallest absolute Gasteiger partial charge is 0.320 e. The standard InChI is InChI=1S/C16H26N2.C5H9NO4/c1-13(2)10-12-18-16-8-4-3-7-14(16)15-9-5-6-11-17-15;6-3(5(9)10)1-2-4(7)8/h3-4,7-8,13,15,17-18H,5-6,9-12H2,1-2H3;3H,1-2,6H2,(H,7,8)(H,9,10)/t15-;3-/m00/s1. The minimum atomic E-state index is -1.17. The fourth-order valence-corrected chi connectivity index (χ4v) is 2.98. The first kappa shape index (κ1) is 23.9. The van der Waals surface area contributed by atoms with E-state index in [2.05, 4.69) is 48.7 Å². The topological polar surface area (TPSA) is 125 Å². The number of nitrogens with one attached hydrogen (secondary N) is 2. The second kappa shape index (κ2) is 13.1. The van der Waals surface area contributed by atoms with Crippen molar-refractivity contribution < 1.29 is 19.8 Å². The highest BCUT2D eigenvalue weighted by Gasteiger charge is 2.17. The number of aliphatic carboxylic acids is 2. The first-order valence-electron chi connectivity index (χ1n) is 10.1. The van der Waals surface area contributed by atoms with E-state index in [0.29, 0.717) is 6.04 Å². The predicted molar refractivity (Wildman–Crippen MR) is 111 cm³/mol. The van der Waals surface area contributed by atoms with Gasteiger partial charge < -0.3 is 26.6 Å². The van der Waals surface area contributed by atoms with Gasteiger partial charge in [0.2, 0.25) is 0 Å². The minimum absolute atomic E-state index is 0.0231. The fourth-order valence-electron chi connectivity index (χ4n) is 2.98. The van der Waals surface area contributed by atoms with Gasteiger partial charge in [0.05, 0.1) is 0 Å². The number of rotatable bonds is 9. The maximum atomic E-state index is 9.99. The molecule has 7 nitrogen and oxygen atoms in total. The monoisotopic (exact) mass is 393 g/mol. The zero-order valence-corrected chi connectivity index (χ0v) is 17.0. The van der Waals surface area contributed by atoms with E-state index < -0.39 is 18.0 Å². The third-order valence-electron chi connectivity index (χ3n) is 4.67. The summed E-state index contributed by atoms with van der Waals surface area (Å²) in [6, 6.07) is 8.24. The largest absolute Gasteiger partial charge is 0.481 e. The van der Waals surface area contributed by atoms with E-state index in [1.807, 2.05) is 0 Å². The van der Waals surface area contributed by atoms with Crippen molar-refractivity contribution in [2.24, 2.45) is 11.7 Å². The van der Waals surface area contributed by atoms with Gasteiger partial charge in [0.25, 0.3) is 0 Å². The number of piperidine rings is 1. The molecule has 1 aliphatic heterocycles. The number of benzene rings is 1. The SMILES string of the molecule is CC(C)CCNc1ccccc1[C@@H]1CCCCN1.N[C@@H](CCC(=O)O)C(=O)O. The van der Waals surface area contributed by atoms with Gasteiger partial charge in [-0.1, -0.05) is 38.5 Å². The van der Waals surface area contributed by atoms with Gasteiger partial charge >= 0.3 is 11.9 Å². The molecule has 2 atom stereocenters. The zero-order chi connectivity index (χ0) is 20.9. The number of hydrogen-bond donors (Lipinski definition) is 5. The third-order valence-corrected chi connectivity index (χ3v) is 4.67. The molecule has 0 spiro atoms. The van der Waals surface area contributed by atoms with Crippen LogP contribution in [0.2, 0.25) is 0 Å². The normalized spacial score (nSPS) is 17.4. The highest BCUT2D eigenvalue weighted by molar-refractivity contribution is 5.74. The minimum Gasteiger partial charge on any atom is -0.481 e. The van der Waals surface area contributed by atoms with Crippen molar-refractivity contribution in [1.29, 1.82) is 0 Å². The van der Waals surface area contributed by atoms with Gasteiger partial charge in [-0.15, -0.1) is 0 Å². The van der Waals surface area contributed by atoms with Crippen LogP contribution < -0.4 is 16.4 Å². The Morgan fingerprint density at radius 1 is 1.21 bits per heavy atom. The lowest BCUT2D eigenvalue weighted by atomic mass is 9.96. The molecular weight excluding hydrogens is 358 g/mol. The first-order chi connectivity index (χ1) is 13.3. The summed E-state index contributed by atoms with van der Waals surface area (Å²) in [6.45, 7) is 6.78. The van der Waals surface area contributed by atoms with Crippen molar-refractivity contribution >= 4 is 17.6 Å². The molecule has 0 saturated carbocycles. The molecule has 7 heteroatoms. The summed E-state index contributed by atoms with van der Waals surface area (Å²) in [5.74, 6) is -1.43. The van der Waals surface area contributed by atoms with Gasteiger partial charge in [-0.3, -0.25) is 9.59 Å². The maximum absolute atomic E-state index is 9.99. The predicted octanol–water partition coefficient (Wildman–Crippen LogP) is 3.22. The summed E-state index contributed by atoms with van der Waals surface area (Å²) >= 11 is 0. The van der Waals surface area contributed by atoms with Crippen LogP contribution in [0, 0.1) is 5.92 Å². The molecule has 158 valence electrons. The second-order valence-electron chi connectivity index (χ2n) is 7.58. The highest BCUT2D eigenvalue weighted by atomic mass is 16.4. The van der Waals surface area contributed by atoms with Gasteiger partial charge in [0.15, 0.2) is 0 Å². The molecule has 0 radical (unpaired) electrons. The lowest BCUT2D eigenvalue weighted by molar-refractivity contribution is -0.139. The van der Waals surface area contributed by atoms with Gasteiger partial charge in [-0.2, -0.15) is 0 Å². The molecule has 1 aromatic carbocycles. The van der Waals surface area contributed by atoms with Crippen molar-refractivity contribution in [3.63, 3.8) is 0 Å². The third kappa shape index (κ3) is 9.71. The molecular formula is C21H35N3O4. The van der Waals surface area contributed by atoms with E-state index in [-0.39, 0.29) is 12.8 Å². The van der Waals surface area contributed by atoms with E-state index in [9.17, 15) is 9.59 Å². The summed E-state index contributed by atoms with van der Waals surface area (Å²) in [6.07, 6.45) is 4.94. The summed E-state index contributed by atoms with van der Waals surface area (Å²) in [4.78, 5) is 19.9. The van der Waals surface area contributed by atoms with Crippen molar-refractivity contribution in [3.05, 3.63) is 29.8 Å². The molecule has 0 aliphatic carbocycles. The van der Waals surface area contributed by atoms with Gasteiger partial charge in [0, 0.05) is 24.7 Å². The first-order valence-corrected chi connectivity index (χ1v) is 10.1. The number of nitrogens with two attached hydrogens (primary N) is 1. The number of anilines is 1. The Morgan fingerprint density at radius 3 is 2.50 bits per heavy atom. The van der Waals surface area contributed by atoms with Crippen molar-refractivity contribution in [2.75, 3.05) is 18.4 Å². The molecule has 1 fully saturated rings. The molecule has 0 bridgehead atoms. The summed E-state index contributed by atoms with van der Waals surface area (Å²) in [5, 5.41) is 23.5. The van der Waals surface area contributed by atoms with Gasteiger partial charge in [0.1, 0.15) is 6.04 Å². The van der Waals surface area contributed by atoms with Crippen molar-refractivity contribution in [2.45, 2.75) is 64.5 Å². The summed E-state index contributed by atoms with van der Waals surface area (Å²) in [5.41, 5.74) is 7.76. The molecule has 1 heterocycles. The average Bonchev–Trinajstić information content (AvgIpc) is 2.67. The lowest BCUT2D eigenvalue weighted by Crippen LogP contribution is -2.30. The zero-order valence-electron chi connectivity index (χ0n) is 17.0. The Labute approximate surface area is 167 Å². The Bertz CT molecular complexity index is 601. The quantitative estimate of drug-likeness (QED) is 0.436. The number of carboxylic acid groups (broad SMARTS) is 2. The van der Waals surface area contributed by atoms with E-state index in [0.717, 1.165) is 19.0 Å². The van der Waals surface area contributed by atoms with Crippen LogP contribution in [0.15, 0.2) is 24.3 Å². The van der Waals surface area contributed by atoms with E-state index in [1.54, 1.807) is 0 Å². The lowest BCUT2D eigenvalue weighted by Gasteiger charge is -2.26. The molecule has 0 amide bonds. The van der Waals surface area contributed by atoms with Crippen LogP contribution in [0.25, 0.3) is 0 Å². The highest BCUT2D eigenvalue weighted by Crippen LogP contribution is 2.28. The molecule has 0 aromatic heterocycles. The summed E-state index contributed by atoms with van der Waals surface area (Å²) in [7, 11) is 0. The molecule has 2 rings (SSSR count). The Morgan fingerprint density at radius 2 is 1.93 bits per heavy atom. The Hall–Kier alpha value is -2.12. The second-order valence-corrected chi connectivity index (χ2v) is 7.58. The van der Waals surface area contributed by atoms with E-state index in [4.69, 9.17) is 15.9 Å². The molecule has 1 saturated heterocycles. The molecule has 1 aromatic rings. The van der Waals surface area contributed by atoms with Crippen LogP contribution >= 0.6 is 0 Å². The van der Waals surface area contributed by atoms with Gasteiger partial charge in [-0.25, -0.2) is 0 Å². The molecule has 1 aliphatic rings. The van der Waals surface area contributed by atoms with Crippen LogP contribution in [0.4, 0.5) is 5.69 Å². The summed E-state index contributed by atoms with van der Waals surface area (Å²) < 4.78 is 0. The van der Waals surface area contributed by atoms with Crippen LogP contribution in [-0.2, 0) is 9.59 Å². The molecule has 28 heavy (non-hydrogen) atoms. The number of carbonyl (C=O) groups is 2. The van der Waals surface area contributed by atoms with Crippen molar-refractivity contribution in [3.8, 4) is 0 Å². The Balaban J connectivity index is 0.000000336. The maximum Gasteiger partial charge on any atom is 0.320 e. The van der Waals surface area contributed by atoms with Crippen LogP contribution in [0.3, 0.4) is 0 Å². The van der Waals surface area contributed by atoms with Gasteiger partial charge in [-0.05, 0) is 49.8 Å². The van der Waals surface area contributed by atoms with Crippen LogP contribution in [0.1, 0.15) is 64.0 Å². The number of para-hydroxylation sites is 1. The number of carboxylic acids is 2. The van der Waals surface area contributed by atoms with E-state index in [1.165, 1.54) is 36.9 Å². The van der Waals surface area contributed by atoms with Crippen LogP contribution in [-0.4, -0.2) is 41.3 Å². The van der Waals surface area contributed by atoms with E-state index >= 15 is 0 Å². The van der Waals surface area contributed by atoms with Crippen molar-refractivity contribution in [1.82, 2.24) is 5.32 Å². The molecule has 6 N–H and O–H groups in total. The Kier molecular flexibility index (Phi) is 11.2. The van der Waals surface area contributed by atoms with Crippen LogP contribution in [0.5, 0.6) is 0 Å². The molecule has 0 unspecified atom stereocenters. The average molecular weight is 394 g/mol. The fraction of sp³-hybridized carbons (Fsp3) is 0.619.